The topological polar surface area (TPSA) is 43.7 Å². The molecule has 31 heavy (non-hydrogen) atoms. The summed E-state index contributed by atoms with van der Waals surface area (Å²) in [5.41, 5.74) is 6.18. The molecule has 2 aromatic carbocycles. The monoisotopic (exact) mass is 416 g/mol. The number of esters is 1. The molecule has 0 saturated carbocycles. The third-order valence-electron chi connectivity index (χ3n) is 6.25. The van der Waals surface area contributed by atoms with E-state index in [2.05, 4.69) is 58.0 Å². The Balaban J connectivity index is 1.54. The molecule has 0 saturated heterocycles. The average Bonchev–Trinajstić information content (AvgIpc) is 2.94. The first-order chi connectivity index (χ1) is 15.2. The first kappa shape index (κ1) is 19.9. The molecular formula is C26H28N2O3. The van der Waals surface area contributed by atoms with Crippen LogP contribution >= 0.6 is 0 Å². The zero-order valence-corrected chi connectivity index (χ0v) is 18.0. The summed E-state index contributed by atoms with van der Waals surface area (Å²) in [5.74, 6) is 0.744. The van der Waals surface area contributed by atoms with Gasteiger partial charge in [-0.2, -0.15) is 0 Å². The van der Waals surface area contributed by atoms with Crippen LogP contribution in [0.5, 0.6) is 5.75 Å². The molecule has 2 aliphatic rings. The highest BCUT2D eigenvalue weighted by Crippen LogP contribution is 2.38. The van der Waals surface area contributed by atoms with Crippen LogP contribution in [0.3, 0.4) is 0 Å². The molecule has 5 rings (SSSR count). The van der Waals surface area contributed by atoms with Crippen molar-refractivity contribution in [1.82, 2.24) is 9.47 Å². The quantitative estimate of drug-likeness (QED) is 0.585. The van der Waals surface area contributed by atoms with Gasteiger partial charge in [0.25, 0.3) is 0 Å². The Bertz CT molecular complexity index is 1130. The van der Waals surface area contributed by atoms with E-state index in [0.717, 1.165) is 49.3 Å². The van der Waals surface area contributed by atoms with Crippen molar-refractivity contribution < 1.29 is 14.3 Å². The van der Waals surface area contributed by atoms with Gasteiger partial charge in [-0.3, -0.25) is 9.69 Å². The minimum absolute atomic E-state index is 0.183. The van der Waals surface area contributed by atoms with Crippen molar-refractivity contribution in [1.29, 1.82) is 0 Å². The number of fused-ring (bicyclic) bond motifs is 5. The summed E-state index contributed by atoms with van der Waals surface area (Å²) >= 11 is 0. The van der Waals surface area contributed by atoms with E-state index in [0.29, 0.717) is 13.2 Å². The fraction of sp³-hybridized carbons (Fsp3) is 0.346. The van der Waals surface area contributed by atoms with Gasteiger partial charge in [0.15, 0.2) is 0 Å². The molecule has 0 atom stereocenters. The molecule has 2 aliphatic heterocycles. The lowest BCUT2D eigenvalue weighted by molar-refractivity contribution is -0.143. The van der Waals surface area contributed by atoms with Crippen LogP contribution in [0.4, 0.5) is 0 Å². The minimum atomic E-state index is -0.183. The first-order valence-electron chi connectivity index (χ1n) is 11.1. The third kappa shape index (κ3) is 3.86. The van der Waals surface area contributed by atoms with Crippen LogP contribution < -0.4 is 4.74 Å². The van der Waals surface area contributed by atoms with E-state index >= 15 is 0 Å². The summed E-state index contributed by atoms with van der Waals surface area (Å²) in [6.45, 7) is 6.02. The summed E-state index contributed by atoms with van der Waals surface area (Å²) < 4.78 is 13.4. The van der Waals surface area contributed by atoms with Crippen LogP contribution in [0.1, 0.15) is 29.3 Å². The van der Waals surface area contributed by atoms with Crippen LogP contribution in [-0.4, -0.2) is 41.7 Å². The Morgan fingerprint density at radius 2 is 1.94 bits per heavy atom. The van der Waals surface area contributed by atoms with Gasteiger partial charge in [0.05, 0.1) is 6.61 Å². The molecule has 160 valence electrons. The van der Waals surface area contributed by atoms with Gasteiger partial charge in [-0.1, -0.05) is 36.4 Å². The van der Waals surface area contributed by atoms with E-state index in [4.69, 9.17) is 9.47 Å². The fourth-order valence-corrected chi connectivity index (χ4v) is 4.90. The number of benzene rings is 2. The van der Waals surface area contributed by atoms with Crippen molar-refractivity contribution in [3.05, 3.63) is 70.9 Å². The second kappa shape index (κ2) is 8.60. The number of aromatic nitrogens is 1. The SMILES string of the molecule is CCOC(=O)Cn1c2c(c3c4c(ccc31)OCC=C4)CCN(Cc1ccccc1)CC2. The highest BCUT2D eigenvalue weighted by atomic mass is 16.5. The van der Waals surface area contributed by atoms with Crippen LogP contribution in [0.2, 0.25) is 0 Å². The Labute approximate surface area is 182 Å². The average molecular weight is 417 g/mol. The van der Waals surface area contributed by atoms with Crippen molar-refractivity contribution in [3.8, 4) is 5.75 Å². The van der Waals surface area contributed by atoms with Gasteiger partial charge >= 0.3 is 5.97 Å². The molecule has 0 fully saturated rings. The van der Waals surface area contributed by atoms with E-state index in [9.17, 15) is 4.79 Å². The van der Waals surface area contributed by atoms with Crippen LogP contribution in [0.25, 0.3) is 17.0 Å². The lowest BCUT2D eigenvalue weighted by Crippen LogP contribution is -2.26. The van der Waals surface area contributed by atoms with E-state index in [1.165, 1.54) is 22.2 Å². The highest BCUT2D eigenvalue weighted by molar-refractivity contribution is 5.96. The standard InChI is InChI=1S/C26H28N2O3/c1-2-30-25(29)18-28-22-13-15-27(17-19-7-4-3-5-8-19)14-12-20(22)26-21-9-6-16-31-24(21)11-10-23(26)28/h3-11H,2,12-18H2,1H3. The molecule has 0 amide bonds. The first-order valence-corrected chi connectivity index (χ1v) is 11.1. The van der Waals surface area contributed by atoms with Gasteiger partial charge in [-0.15, -0.1) is 0 Å². The molecule has 3 heterocycles. The smallest absolute Gasteiger partial charge is 0.325 e. The molecule has 0 aliphatic carbocycles. The van der Waals surface area contributed by atoms with Crippen LogP contribution in [-0.2, 0) is 35.5 Å². The summed E-state index contributed by atoms with van der Waals surface area (Å²) in [6.07, 6.45) is 6.10. The highest BCUT2D eigenvalue weighted by Gasteiger charge is 2.26. The van der Waals surface area contributed by atoms with Gasteiger partial charge in [-0.25, -0.2) is 0 Å². The van der Waals surface area contributed by atoms with Gasteiger partial charge < -0.3 is 14.0 Å². The molecule has 0 unspecified atom stereocenters. The number of carbonyl (C=O) groups is 1. The van der Waals surface area contributed by atoms with Gasteiger partial charge in [0, 0.05) is 48.2 Å². The summed E-state index contributed by atoms with van der Waals surface area (Å²) in [5, 5.41) is 1.23. The van der Waals surface area contributed by atoms with Crippen molar-refractivity contribution in [2.75, 3.05) is 26.3 Å². The normalized spacial score (nSPS) is 15.8. The molecular weight excluding hydrogens is 388 g/mol. The summed E-state index contributed by atoms with van der Waals surface area (Å²) in [6, 6.07) is 14.8. The second-order valence-electron chi connectivity index (χ2n) is 8.16. The molecule has 5 nitrogen and oxygen atoms in total. The van der Waals surface area contributed by atoms with E-state index in [1.54, 1.807) is 0 Å². The number of hydrogen-bond donors (Lipinski definition) is 0. The maximum Gasteiger partial charge on any atom is 0.325 e. The van der Waals surface area contributed by atoms with Crippen LogP contribution in [0, 0.1) is 0 Å². The lowest BCUT2D eigenvalue weighted by atomic mass is 10.00. The maximum atomic E-state index is 12.4. The number of nitrogens with zero attached hydrogens (tertiary/aromatic N) is 2. The van der Waals surface area contributed by atoms with Gasteiger partial charge in [0.1, 0.15) is 18.9 Å². The zero-order valence-electron chi connectivity index (χ0n) is 18.0. The fourth-order valence-electron chi connectivity index (χ4n) is 4.90. The predicted octanol–water partition coefficient (Wildman–Crippen LogP) is 4.21. The van der Waals surface area contributed by atoms with E-state index < -0.39 is 0 Å². The largest absolute Gasteiger partial charge is 0.489 e. The molecule has 0 bridgehead atoms. The number of hydrogen-bond acceptors (Lipinski definition) is 4. The third-order valence-corrected chi connectivity index (χ3v) is 6.25. The van der Waals surface area contributed by atoms with Crippen molar-refractivity contribution in [3.63, 3.8) is 0 Å². The summed E-state index contributed by atoms with van der Waals surface area (Å²) in [4.78, 5) is 14.9. The van der Waals surface area contributed by atoms with E-state index in [1.807, 2.05) is 13.0 Å². The molecule has 1 aromatic heterocycles. The zero-order chi connectivity index (χ0) is 21.2. The van der Waals surface area contributed by atoms with Crippen LogP contribution in [0.15, 0.2) is 48.5 Å². The number of rotatable bonds is 5. The lowest BCUT2D eigenvalue weighted by Gasteiger charge is -2.20. The maximum absolute atomic E-state index is 12.4. The molecule has 0 spiro atoms. The predicted molar refractivity (Wildman–Crippen MR) is 122 cm³/mol. The molecule has 0 radical (unpaired) electrons. The Morgan fingerprint density at radius 3 is 2.77 bits per heavy atom. The Morgan fingerprint density at radius 1 is 1.10 bits per heavy atom. The number of ether oxygens (including phenoxy) is 2. The van der Waals surface area contributed by atoms with Crippen molar-refractivity contribution >= 4 is 22.9 Å². The molecule has 5 heteroatoms. The Kier molecular flexibility index (Phi) is 5.51. The summed E-state index contributed by atoms with van der Waals surface area (Å²) in [7, 11) is 0. The second-order valence-corrected chi connectivity index (χ2v) is 8.16. The van der Waals surface area contributed by atoms with Crippen molar-refractivity contribution in [2.45, 2.75) is 32.9 Å². The van der Waals surface area contributed by atoms with Gasteiger partial charge in [-0.05, 0) is 42.7 Å². The molecule has 3 aromatic rings. The van der Waals surface area contributed by atoms with Crippen molar-refractivity contribution in [2.24, 2.45) is 0 Å². The number of carbonyl (C=O) groups excluding carboxylic acids is 1. The Hall–Kier alpha value is -3.05. The van der Waals surface area contributed by atoms with E-state index in [-0.39, 0.29) is 12.5 Å². The van der Waals surface area contributed by atoms with Gasteiger partial charge in [0.2, 0.25) is 0 Å². The minimum Gasteiger partial charge on any atom is -0.489 e. The molecule has 0 N–H and O–H groups in total.